The zero-order chi connectivity index (χ0) is 17.0. The van der Waals surface area contributed by atoms with E-state index in [-0.39, 0.29) is 6.61 Å². The molecule has 0 aliphatic heterocycles. The summed E-state index contributed by atoms with van der Waals surface area (Å²) in [6.07, 6.45) is 0.404. The molecule has 1 atom stereocenters. The molecule has 0 heterocycles. The van der Waals surface area contributed by atoms with E-state index in [0.717, 1.165) is 0 Å². The van der Waals surface area contributed by atoms with Gasteiger partial charge in [0.2, 0.25) is 0 Å². The number of aliphatic hydroxyl groups excluding tert-OH is 2. The number of rotatable bonds is 6. The Bertz CT molecular complexity index is 737. The van der Waals surface area contributed by atoms with Crippen molar-refractivity contribution < 1.29 is 19.3 Å². The van der Waals surface area contributed by atoms with Crippen LogP contribution >= 0.6 is 0 Å². The molecule has 0 saturated carbocycles. The molecule has 3 nitrogen and oxygen atoms in total. The van der Waals surface area contributed by atoms with Crippen molar-refractivity contribution in [1.82, 2.24) is 0 Å². The van der Waals surface area contributed by atoms with E-state index in [9.17, 15) is 14.6 Å². The Kier molecular flexibility index (Phi) is 5.32. The van der Waals surface area contributed by atoms with E-state index in [1.807, 2.05) is 0 Å². The van der Waals surface area contributed by atoms with Gasteiger partial charge in [-0.25, -0.2) is 4.39 Å². The maximum absolute atomic E-state index is 14.3. The zero-order valence-electron chi connectivity index (χ0n) is 12.9. The Morgan fingerprint density at radius 3 is 2.61 bits per heavy atom. The van der Waals surface area contributed by atoms with Gasteiger partial charge in [-0.1, -0.05) is 31.4 Å². The number of aliphatic hydroxyl groups is 2. The minimum absolute atomic E-state index is 0.179. The topological polar surface area (TPSA) is 49.7 Å². The highest BCUT2D eigenvalue weighted by atomic mass is 19.1. The van der Waals surface area contributed by atoms with Crippen molar-refractivity contribution >= 4 is 0 Å². The molecule has 2 aromatic carbocycles. The van der Waals surface area contributed by atoms with Gasteiger partial charge in [-0.05, 0) is 46.5 Å². The highest BCUT2D eigenvalue weighted by Crippen LogP contribution is 2.35. The first-order valence-electron chi connectivity index (χ1n) is 7.08. The van der Waals surface area contributed by atoms with E-state index in [2.05, 4.69) is 13.2 Å². The monoisotopic (exact) mass is 314 g/mol. The summed E-state index contributed by atoms with van der Waals surface area (Å²) < 4.78 is 19.4. The van der Waals surface area contributed by atoms with Gasteiger partial charge < -0.3 is 14.9 Å². The lowest BCUT2D eigenvalue weighted by Gasteiger charge is -2.18. The Balaban J connectivity index is 2.66. The van der Waals surface area contributed by atoms with Crippen LogP contribution in [0.3, 0.4) is 0 Å². The van der Waals surface area contributed by atoms with E-state index in [4.69, 9.17) is 4.74 Å². The van der Waals surface area contributed by atoms with Crippen LogP contribution in [-0.2, 0) is 6.61 Å². The minimum atomic E-state index is -1.04. The molecule has 0 aromatic heterocycles. The average Bonchev–Trinajstić information content (AvgIpc) is 2.60. The summed E-state index contributed by atoms with van der Waals surface area (Å²) in [4.78, 5) is 0. The molecular formula is C19H19FO3. The summed E-state index contributed by atoms with van der Waals surface area (Å²) in [6, 6.07) is 9.38. The standard InChI is InChI=1S/C19H19FO3/c1-4-12(2)19(22)17-9-13(11-21)5-7-15(17)16-10-14(23-3)6-8-18(16)20/h4-10,19,21-22H,1-2,11H2,3H3. The van der Waals surface area contributed by atoms with Crippen molar-refractivity contribution in [2.45, 2.75) is 12.7 Å². The third-order valence-corrected chi connectivity index (χ3v) is 3.67. The molecule has 2 aromatic rings. The van der Waals surface area contributed by atoms with Gasteiger partial charge in [0.05, 0.1) is 13.7 Å². The van der Waals surface area contributed by atoms with Gasteiger partial charge in [0.1, 0.15) is 17.7 Å². The van der Waals surface area contributed by atoms with Gasteiger partial charge in [-0.15, -0.1) is 0 Å². The van der Waals surface area contributed by atoms with Crippen LogP contribution in [0.5, 0.6) is 5.75 Å². The Morgan fingerprint density at radius 2 is 2.00 bits per heavy atom. The van der Waals surface area contributed by atoms with Gasteiger partial charge in [0.15, 0.2) is 0 Å². The lowest BCUT2D eigenvalue weighted by atomic mass is 9.91. The smallest absolute Gasteiger partial charge is 0.131 e. The van der Waals surface area contributed by atoms with Gasteiger partial charge in [-0.2, -0.15) is 0 Å². The minimum Gasteiger partial charge on any atom is -0.497 e. The van der Waals surface area contributed by atoms with Gasteiger partial charge in [-0.3, -0.25) is 0 Å². The van der Waals surface area contributed by atoms with E-state index in [0.29, 0.717) is 33.6 Å². The lowest BCUT2D eigenvalue weighted by molar-refractivity contribution is 0.220. The van der Waals surface area contributed by atoms with E-state index < -0.39 is 11.9 Å². The van der Waals surface area contributed by atoms with Crippen LogP contribution in [-0.4, -0.2) is 17.3 Å². The third kappa shape index (κ3) is 3.50. The van der Waals surface area contributed by atoms with Crippen molar-refractivity contribution in [3.63, 3.8) is 0 Å². The SMILES string of the molecule is C=CC(=C)C(O)c1cc(CO)ccc1-c1cc(OC)ccc1F. The molecule has 4 heteroatoms. The van der Waals surface area contributed by atoms with Crippen LogP contribution in [0.25, 0.3) is 11.1 Å². The summed E-state index contributed by atoms with van der Waals surface area (Å²) in [5.74, 6) is 0.0795. The summed E-state index contributed by atoms with van der Waals surface area (Å²) in [5.41, 5.74) is 2.27. The van der Waals surface area contributed by atoms with Crippen LogP contribution in [0.15, 0.2) is 61.2 Å². The molecule has 0 radical (unpaired) electrons. The van der Waals surface area contributed by atoms with Crippen molar-refractivity contribution in [2.75, 3.05) is 7.11 Å². The third-order valence-electron chi connectivity index (χ3n) is 3.67. The van der Waals surface area contributed by atoms with Gasteiger partial charge >= 0.3 is 0 Å². The quantitative estimate of drug-likeness (QED) is 0.798. The fourth-order valence-corrected chi connectivity index (χ4v) is 2.33. The molecule has 0 saturated heterocycles. The predicted molar refractivity (Wildman–Crippen MR) is 88.6 cm³/mol. The first-order chi connectivity index (χ1) is 11.0. The number of halogens is 1. The summed E-state index contributed by atoms with van der Waals surface area (Å²) in [6.45, 7) is 7.16. The maximum atomic E-state index is 14.3. The molecule has 0 aliphatic rings. The molecule has 23 heavy (non-hydrogen) atoms. The first kappa shape index (κ1) is 16.9. The molecule has 0 bridgehead atoms. The van der Waals surface area contributed by atoms with Crippen LogP contribution in [0.2, 0.25) is 0 Å². The molecule has 0 amide bonds. The second-order valence-electron chi connectivity index (χ2n) is 5.11. The number of hydrogen-bond donors (Lipinski definition) is 2. The first-order valence-corrected chi connectivity index (χ1v) is 7.08. The van der Waals surface area contributed by atoms with E-state index in [1.165, 1.54) is 25.3 Å². The maximum Gasteiger partial charge on any atom is 0.131 e. The fourth-order valence-electron chi connectivity index (χ4n) is 2.33. The predicted octanol–water partition coefficient (Wildman–Crippen LogP) is 3.77. The van der Waals surface area contributed by atoms with Gasteiger partial charge in [0, 0.05) is 5.56 Å². The lowest BCUT2D eigenvalue weighted by Crippen LogP contribution is -2.03. The molecule has 2 N–H and O–H groups in total. The number of benzene rings is 2. The number of methoxy groups -OCH3 is 1. The molecule has 0 aliphatic carbocycles. The van der Waals surface area contributed by atoms with Crippen LogP contribution in [0.1, 0.15) is 17.2 Å². The van der Waals surface area contributed by atoms with Crippen LogP contribution < -0.4 is 4.74 Å². The zero-order valence-corrected chi connectivity index (χ0v) is 12.9. The van der Waals surface area contributed by atoms with Gasteiger partial charge in [0.25, 0.3) is 0 Å². The Hall–Kier alpha value is -2.43. The van der Waals surface area contributed by atoms with Crippen molar-refractivity contribution in [1.29, 1.82) is 0 Å². The van der Waals surface area contributed by atoms with Crippen molar-refractivity contribution in [2.24, 2.45) is 0 Å². The molecule has 0 fully saturated rings. The highest BCUT2D eigenvalue weighted by Gasteiger charge is 2.18. The summed E-state index contributed by atoms with van der Waals surface area (Å²) >= 11 is 0. The second kappa shape index (κ2) is 7.22. The fraction of sp³-hybridized carbons (Fsp3) is 0.158. The normalized spacial score (nSPS) is 11.8. The molecule has 0 spiro atoms. The van der Waals surface area contributed by atoms with Crippen molar-refractivity contribution in [3.8, 4) is 16.9 Å². The Morgan fingerprint density at radius 1 is 1.26 bits per heavy atom. The van der Waals surface area contributed by atoms with Crippen molar-refractivity contribution in [3.05, 3.63) is 78.1 Å². The van der Waals surface area contributed by atoms with Crippen LogP contribution in [0, 0.1) is 5.82 Å². The summed E-state index contributed by atoms with van der Waals surface area (Å²) in [7, 11) is 1.50. The van der Waals surface area contributed by atoms with E-state index >= 15 is 0 Å². The molecule has 2 rings (SSSR count). The number of hydrogen-bond acceptors (Lipinski definition) is 3. The van der Waals surface area contributed by atoms with E-state index in [1.54, 1.807) is 24.3 Å². The largest absolute Gasteiger partial charge is 0.497 e. The summed E-state index contributed by atoms with van der Waals surface area (Å²) in [5, 5.41) is 19.8. The average molecular weight is 314 g/mol. The number of ether oxygens (including phenoxy) is 1. The second-order valence-corrected chi connectivity index (χ2v) is 5.11. The molecule has 1 unspecified atom stereocenters. The molecule has 120 valence electrons. The molecular weight excluding hydrogens is 295 g/mol. The Labute approximate surface area is 135 Å². The van der Waals surface area contributed by atoms with Crippen LogP contribution in [0.4, 0.5) is 4.39 Å². The highest BCUT2D eigenvalue weighted by molar-refractivity contribution is 5.71.